The van der Waals surface area contributed by atoms with Gasteiger partial charge in [-0.3, -0.25) is 4.79 Å². The van der Waals surface area contributed by atoms with Crippen LogP contribution in [-0.4, -0.2) is 85.2 Å². The summed E-state index contributed by atoms with van der Waals surface area (Å²) in [6, 6.07) is 13.3. The fraction of sp³-hybridized carbons (Fsp3) is 0.500. The number of benzene rings is 2. The van der Waals surface area contributed by atoms with E-state index in [1.54, 1.807) is 54.4 Å². The third-order valence-corrected chi connectivity index (χ3v) is 10.4. The van der Waals surface area contributed by atoms with Crippen LogP contribution in [0.4, 0.5) is 4.79 Å². The number of ether oxygens (including phenoxy) is 3. The number of likely N-dealkylation sites (N-methyl/N-ethyl adjacent to an activating group) is 1. The molecule has 3 N–H and O–H groups in total. The van der Waals surface area contributed by atoms with Crippen LogP contribution in [0, 0.1) is 29.1 Å². The number of nitriles is 1. The third kappa shape index (κ3) is 7.87. The molecule has 0 unspecified atom stereocenters. The second kappa shape index (κ2) is 17.7. The van der Waals surface area contributed by atoms with Crippen molar-refractivity contribution < 1.29 is 38.9 Å². The Morgan fingerprint density at radius 2 is 1.87 bits per heavy atom. The highest BCUT2D eigenvalue weighted by Gasteiger charge is 2.65. The number of hydrogen-bond acceptors (Lipinski definition) is 10. The number of rotatable bonds is 16. The molecule has 2 amide bonds. The van der Waals surface area contributed by atoms with Crippen LogP contribution < -0.4 is 14.8 Å². The van der Waals surface area contributed by atoms with Crippen LogP contribution >= 0.6 is 0 Å². The Balaban J connectivity index is 1.74. The van der Waals surface area contributed by atoms with Crippen LogP contribution in [0.5, 0.6) is 11.5 Å². The Morgan fingerprint density at radius 3 is 2.52 bits per heavy atom. The lowest BCUT2D eigenvalue weighted by Crippen LogP contribution is -2.69. The number of nitrogens with one attached hydrogen (secondary N) is 1. The molecule has 0 spiro atoms. The van der Waals surface area contributed by atoms with E-state index in [4.69, 9.17) is 19.0 Å². The van der Waals surface area contributed by atoms with Crippen molar-refractivity contribution in [3.05, 3.63) is 83.5 Å². The first-order valence-electron chi connectivity index (χ1n) is 18.1. The zero-order chi connectivity index (χ0) is 37.3. The number of hydrogen-bond donors (Lipinski definition) is 3. The quantitative estimate of drug-likeness (QED) is 0.112. The third-order valence-electron chi connectivity index (χ3n) is 10.4. The summed E-state index contributed by atoms with van der Waals surface area (Å²) in [7, 11) is 3.22. The number of carbonyl (C=O) groups is 2. The van der Waals surface area contributed by atoms with E-state index in [0.29, 0.717) is 47.7 Å². The first kappa shape index (κ1) is 38.5. The van der Waals surface area contributed by atoms with Crippen molar-refractivity contribution in [3.8, 4) is 17.6 Å². The predicted molar refractivity (Wildman–Crippen MR) is 195 cm³/mol. The largest absolute Gasteiger partial charge is 0.459 e. The van der Waals surface area contributed by atoms with Gasteiger partial charge in [-0.2, -0.15) is 5.26 Å². The van der Waals surface area contributed by atoms with E-state index in [-0.39, 0.29) is 49.9 Å². The van der Waals surface area contributed by atoms with Gasteiger partial charge in [0.15, 0.2) is 0 Å². The molecular formula is C40H50N4O8. The molecule has 2 aromatic rings. The number of allylic oxidation sites excluding steroid dienone is 1. The van der Waals surface area contributed by atoms with Gasteiger partial charge in [0, 0.05) is 50.3 Å². The van der Waals surface area contributed by atoms with Crippen LogP contribution in [0.3, 0.4) is 0 Å². The minimum Gasteiger partial charge on any atom is -0.459 e. The van der Waals surface area contributed by atoms with Gasteiger partial charge in [-0.15, -0.1) is 6.58 Å². The summed E-state index contributed by atoms with van der Waals surface area (Å²) < 4.78 is 19.6. The van der Waals surface area contributed by atoms with Gasteiger partial charge in [0.1, 0.15) is 24.7 Å². The number of nitrogens with zero attached hydrogens (tertiary/aromatic N) is 3. The molecule has 0 saturated heterocycles. The summed E-state index contributed by atoms with van der Waals surface area (Å²) in [6.45, 7) is 6.46. The molecule has 1 heterocycles. The van der Waals surface area contributed by atoms with E-state index < -0.39 is 23.8 Å². The summed E-state index contributed by atoms with van der Waals surface area (Å²) in [4.78, 5) is 33.9. The van der Waals surface area contributed by atoms with Crippen molar-refractivity contribution in [1.29, 1.82) is 5.26 Å². The Morgan fingerprint density at radius 1 is 1.13 bits per heavy atom. The molecule has 0 bridgehead atoms. The van der Waals surface area contributed by atoms with Crippen molar-refractivity contribution in [2.24, 2.45) is 22.9 Å². The molecule has 6 atom stereocenters. The van der Waals surface area contributed by atoms with Crippen LogP contribution in [0.15, 0.2) is 71.9 Å². The maximum Gasteiger partial charge on any atom is 0.412 e. The maximum absolute atomic E-state index is 14.3. The molecule has 0 aromatic heterocycles. The Hall–Kier alpha value is -4.70. The smallest absolute Gasteiger partial charge is 0.412 e. The molecule has 2 aromatic carbocycles. The van der Waals surface area contributed by atoms with Gasteiger partial charge in [-0.25, -0.2) is 4.79 Å². The van der Waals surface area contributed by atoms with E-state index in [1.165, 1.54) is 7.11 Å². The molecule has 0 radical (unpaired) electrons. The van der Waals surface area contributed by atoms with Gasteiger partial charge in [-0.1, -0.05) is 30.1 Å². The summed E-state index contributed by atoms with van der Waals surface area (Å²) in [5, 5.41) is 36.1. The normalized spacial score (nSPS) is 25.0. The van der Waals surface area contributed by atoms with E-state index in [0.717, 1.165) is 36.8 Å². The number of amides is 2. The zero-order valence-electron chi connectivity index (χ0n) is 30.3. The van der Waals surface area contributed by atoms with Crippen LogP contribution in [0.2, 0.25) is 0 Å². The monoisotopic (exact) mass is 714 g/mol. The molecule has 1 saturated carbocycles. The second-order valence-electron chi connectivity index (χ2n) is 13.5. The van der Waals surface area contributed by atoms with Crippen molar-refractivity contribution in [2.45, 2.75) is 69.6 Å². The molecule has 278 valence electrons. The minimum absolute atomic E-state index is 0.0233. The fourth-order valence-corrected chi connectivity index (χ4v) is 8.22. The number of carbonyl (C=O) groups excluding carboxylic acids is 2. The maximum atomic E-state index is 14.3. The highest BCUT2D eigenvalue weighted by atomic mass is 16.7. The Kier molecular flexibility index (Phi) is 13.1. The van der Waals surface area contributed by atoms with Gasteiger partial charge in [0.05, 0.1) is 29.9 Å². The van der Waals surface area contributed by atoms with Crippen molar-refractivity contribution in [1.82, 2.24) is 10.2 Å². The van der Waals surface area contributed by atoms with Crippen molar-refractivity contribution in [2.75, 3.05) is 40.5 Å². The van der Waals surface area contributed by atoms with E-state index in [1.807, 2.05) is 13.0 Å². The summed E-state index contributed by atoms with van der Waals surface area (Å²) >= 11 is 0. The SMILES string of the molecule is C=CCO[C@@]12Oc3ccc(OC(=O)NCC)cc3[C@H]3[C@H](CCCCO)[C@@H](CCCCO)C=C(C(=NOC)C[C@@H]1N(C)C(=O)c1ccc(C#N)cc1)[C@H]32. The van der Waals surface area contributed by atoms with E-state index in [9.17, 15) is 25.1 Å². The van der Waals surface area contributed by atoms with E-state index >= 15 is 0 Å². The summed E-state index contributed by atoms with van der Waals surface area (Å²) in [6.07, 6.45) is 8.07. The Bertz CT molecular complexity index is 1690. The minimum atomic E-state index is -1.41. The molecule has 12 nitrogen and oxygen atoms in total. The topological polar surface area (TPSA) is 163 Å². The molecule has 52 heavy (non-hydrogen) atoms. The molecule has 1 aliphatic heterocycles. The molecule has 3 aliphatic rings. The molecule has 12 heteroatoms. The number of unbranched alkanes of at least 4 members (excludes halogenated alkanes) is 2. The van der Waals surface area contributed by atoms with Gasteiger partial charge in [0.2, 0.25) is 5.79 Å². The van der Waals surface area contributed by atoms with Crippen molar-refractivity contribution in [3.63, 3.8) is 0 Å². The number of aliphatic hydroxyl groups excluding tert-OH is 2. The number of oxime groups is 1. The highest BCUT2D eigenvalue weighted by Crippen LogP contribution is 2.61. The predicted octanol–water partition coefficient (Wildman–Crippen LogP) is 5.70. The molecule has 2 aliphatic carbocycles. The average Bonchev–Trinajstić information content (AvgIpc) is 3.15. The standard InChI is InChI=1S/C40H50N4O8/c1-5-21-50-40-35(44(3)38(47)27-15-13-26(25-41)14-16-27)24-33(43-49-4)31-22-28(11-7-9-19-45)30(12-8-10-20-46)36(37(31)40)32-23-29(17-18-34(32)52-40)51-39(48)42-6-2/h5,13-18,22-23,28,30,35-37,45-46H,1,6-12,19-21,24H2,2-4H3,(H,42,48)/t28-,30+,35-,36+,37+,40+/m0/s1. The zero-order valence-corrected chi connectivity index (χ0v) is 30.3. The first-order chi connectivity index (χ1) is 25.3. The summed E-state index contributed by atoms with van der Waals surface area (Å²) in [5.41, 5.74) is 3.26. The Labute approximate surface area is 305 Å². The van der Waals surface area contributed by atoms with Crippen molar-refractivity contribution >= 4 is 17.7 Å². The van der Waals surface area contributed by atoms with Gasteiger partial charge in [0.25, 0.3) is 5.91 Å². The van der Waals surface area contributed by atoms with E-state index in [2.05, 4.69) is 29.2 Å². The number of fused-ring (bicyclic) bond motifs is 2. The lowest BCUT2D eigenvalue weighted by Gasteiger charge is -2.59. The highest BCUT2D eigenvalue weighted by molar-refractivity contribution is 6.03. The van der Waals surface area contributed by atoms with Gasteiger partial charge < -0.3 is 39.5 Å². The van der Waals surface area contributed by atoms with Crippen LogP contribution in [0.1, 0.15) is 79.3 Å². The second-order valence-corrected chi connectivity index (χ2v) is 13.5. The lowest BCUT2D eigenvalue weighted by molar-refractivity contribution is -0.252. The summed E-state index contributed by atoms with van der Waals surface area (Å²) in [5.74, 6) is -1.44. The van der Waals surface area contributed by atoms with Crippen LogP contribution in [-0.2, 0) is 9.57 Å². The average molecular weight is 715 g/mol. The first-order valence-corrected chi connectivity index (χ1v) is 18.1. The fourth-order valence-electron chi connectivity index (χ4n) is 8.22. The lowest BCUT2D eigenvalue weighted by atomic mass is 9.55. The number of aliphatic hydroxyl groups is 2. The van der Waals surface area contributed by atoms with Gasteiger partial charge >= 0.3 is 6.09 Å². The molecule has 5 rings (SSSR count). The van der Waals surface area contributed by atoms with Gasteiger partial charge in [-0.05, 0) is 92.5 Å². The van der Waals surface area contributed by atoms with Crippen LogP contribution in [0.25, 0.3) is 0 Å². The molecule has 1 fully saturated rings. The molecular weight excluding hydrogens is 664 g/mol.